The van der Waals surface area contributed by atoms with Gasteiger partial charge in [-0.05, 0) is 56.0 Å². The number of hydrogen-bond donors (Lipinski definition) is 1. The summed E-state index contributed by atoms with van der Waals surface area (Å²) in [6.45, 7) is 7.87. The monoisotopic (exact) mass is 366 g/mol. The van der Waals surface area contributed by atoms with E-state index in [1.807, 2.05) is 19.1 Å². The van der Waals surface area contributed by atoms with Crippen LogP contribution in [0.1, 0.15) is 30.9 Å². The molecule has 1 fully saturated rings. The lowest BCUT2D eigenvalue weighted by molar-refractivity contribution is 0.210. The molecule has 3 aromatic rings. The molecule has 0 radical (unpaired) electrons. The minimum absolute atomic E-state index is 0.381. The average molecular weight is 366 g/mol. The fourth-order valence-electron chi connectivity index (χ4n) is 3.55. The number of nitrogens with one attached hydrogen (secondary N) is 1. The summed E-state index contributed by atoms with van der Waals surface area (Å²) in [4.78, 5) is 11.1. The van der Waals surface area contributed by atoms with Gasteiger partial charge in [0.25, 0.3) is 6.01 Å². The molecule has 0 saturated carbocycles. The van der Waals surface area contributed by atoms with Gasteiger partial charge in [-0.1, -0.05) is 12.1 Å². The van der Waals surface area contributed by atoms with Crippen LogP contribution in [0.15, 0.2) is 40.9 Å². The number of likely N-dealkylation sites (tertiary alicyclic amines) is 1. The van der Waals surface area contributed by atoms with Gasteiger partial charge in [0.2, 0.25) is 5.65 Å². The Labute approximate surface area is 159 Å². The van der Waals surface area contributed by atoms with E-state index in [4.69, 9.17) is 9.15 Å². The van der Waals surface area contributed by atoms with Crippen molar-refractivity contribution in [3.05, 3.63) is 47.7 Å². The summed E-state index contributed by atoms with van der Waals surface area (Å²) in [5.74, 6) is 0.996. The fraction of sp³-hybridized carbons (Fsp3) is 0.429. The van der Waals surface area contributed by atoms with Crippen LogP contribution in [0, 0.1) is 6.92 Å². The molecule has 4 rings (SSSR count). The molecule has 1 N–H and O–H groups in total. The highest BCUT2D eigenvalue weighted by Crippen LogP contribution is 2.23. The maximum Gasteiger partial charge on any atom is 0.297 e. The second-order valence-corrected chi connectivity index (χ2v) is 7.07. The molecule has 0 aliphatic carbocycles. The van der Waals surface area contributed by atoms with Crippen LogP contribution in [0.25, 0.3) is 11.2 Å². The van der Waals surface area contributed by atoms with E-state index < -0.39 is 0 Å². The van der Waals surface area contributed by atoms with E-state index in [1.165, 1.54) is 11.1 Å². The molecule has 27 heavy (non-hydrogen) atoms. The van der Waals surface area contributed by atoms with Crippen LogP contribution in [0.2, 0.25) is 0 Å². The molecule has 0 spiro atoms. The Balaban J connectivity index is 1.31. The Morgan fingerprint density at radius 1 is 1.26 bits per heavy atom. The van der Waals surface area contributed by atoms with Gasteiger partial charge >= 0.3 is 0 Å². The molecular formula is C21H26N4O2. The van der Waals surface area contributed by atoms with Crippen LogP contribution in [-0.4, -0.2) is 40.6 Å². The normalized spacial score (nSPS) is 15.9. The Kier molecular flexibility index (Phi) is 5.25. The highest BCUT2D eigenvalue weighted by molar-refractivity contribution is 5.69. The van der Waals surface area contributed by atoms with E-state index in [0.717, 1.165) is 43.8 Å². The number of fused-ring (bicyclic) bond motifs is 1. The molecule has 0 amide bonds. The fourth-order valence-corrected chi connectivity index (χ4v) is 3.55. The van der Waals surface area contributed by atoms with E-state index in [2.05, 4.69) is 45.3 Å². The highest BCUT2D eigenvalue weighted by Gasteiger charge is 2.21. The maximum absolute atomic E-state index is 5.73. The SMILES string of the molecule is CCOc1cc(CN2CCC(Nc3nc4ncccc4o3)CC2)ccc1C. The number of ether oxygens (including phenoxy) is 1. The molecule has 6 nitrogen and oxygen atoms in total. The quantitative estimate of drug-likeness (QED) is 0.711. The standard InChI is InChI=1S/C21H26N4O2/c1-3-26-19-13-16(7-6-15(19)2)14-25-11-8-17(9-12-25)23-21-24-20-18(27-21)5-4-10-22-20/h4-7,10,13,17H,3,8-9,11-12,14H2,1-2H3,(H,22,23,24). The Hall–Kier alpha value is -2.60. The lowest BCUT2D eigenvalue weighted by atomic mass is 10.0. The van der Waals surface area contributed by atoms with Gasteiger partial charge in [0, 0.05) is 31.9 Å². The van der Waals surface area contributed by atoms with Crippen LogP contribution in [0.3, 0.4) is 0 Å². The number of nitrogens with zero attached hydrogens (tertiary/aromatic N) is 3. The smallest absolute Gasteiger partial charge is 0.297 e. The molecule has 0 bridgehead atoms. The van der Waals surface area contributed by atoms with Crippen molar-refractivity contribution >= 4 is 17.2 Å². The number of oxazole rings is 1. The topological polar surface area (TPSA) is 63.4 Å². The van der Waals surface area contributed by atoms with Gasteiger partial charge < -0.3 is 14.5 Å². The van der Waals surface area contributed by atoms with E-state index >= 15 is 0 Å². The number of benzene rings is 1. The van der Waals surface area contributed by atoms with Crippen molar-refractivity contribution in [3.63, 3.8) is 0 Å². The first-order valence-electron chi connectivity index (χ1n) is 9.64. The third kappa shape index (κ3) is 4.22. The summed E-state index contributed by atoms with van der Waals surface area (Å²) in [5, 5.41) is 3.42. The largest absolute Gasteiger partial charge is 0.494 e. The molecule has 0 atom stereocenters. The second-order valence-electron chi connectivity index (χ2n) is 7.07. The summed E-state index contributed by atoms with van der Waals surface area (Å²) < 4.78 is 11.5. The van der Waals surface area contributed by atoms with Crippen LogP contribution >= 0.6 is 0 Å². The van der Waals surface area contributed by atoms with Crippen molar-refractivity contribution in [2.75, 3.05) is 25.0 Å². The summed E-state index contributed by atoms with van der Waals surface area (Å²) >= 11 is 0. The molecule has 6 heteroatoms. The van der Waals surface area contributed by atoms with Crippen molar-refractivity contribution in [1.29, 1.82) is 0 Å². The first-order valence-corrected chi connectivity index (χ1v) is 9.64. The third-order valence-corrected chi connectivity index (χ3v) is 5.04. The van der Waals surface area contributed by atoms with Crippen molar-refractivity contribution in [3.8, 4) is 5.75 Å². The Bertz CT molecular complexity index is 867. The first kappa shape index (κ1) is 17.8. The van der Waals surface area contributed by atoms with Gasteiger partial charge in [-0.3, -0.25) is 4.90 Å². The first-order chi connectivity index (χ1) is 13.2. The molecule has 2 aromatic heterocycles. The minimum Gasteiger partial charge on any atom is -0.494 e. The van der Waals surface area contributed by atoms with E-state index in [1.54, 1.807) is 6.20 Å². The van der Waals surface area contributed by atoms with Crippen molar-refractivity contribution in [2.45, 2.75) is 39.3 Å². The summed E-state index contributed by atoms with van der Waals surface area (Å²) in [7, 11) is 0. The zero-order chi connectivity index (χ0) is 18.6. The molecule has 3 heterocycles. The van der Waals surface area contributed by atoms with Crippen LogP contribution < -0.4 is 10.1 Å². The predicted octanol–water partition coefficient (Wildman–Crippen LogP) is 4.01. The Morgan fingerprint density at radius 3 is 2.89 bits per heavy atom. The van der Waals surface area contributed by atoms with E-state index in [0.29, 0.717) is 24.3 Å². The summed E-state index contributed by atoms with van der Waals surface area (Å²) in [5.41, 5.74) is 3.88. The summed E-state index contributed by atoms with van der Waals surface area (Å²) in [6.07, 6.45) is 3.86. The third-order valence-electron chi connectivity index (χ3n) is 5.04. The van der Waals surface area contributed by atoms with Gasteiger partial charge in [0.05, 0.1) is 6.61 Å². The Morgan fingerprint density at radius 2 is 2.11 bits per heavy atom. The lowest BCUT2D eigenvalue weighted by Crippen LogP contribution is -2.38. The number of pyridine rings is 1. The number of rotatable bonds is 6. The van der Waals surface area contributed by atoms with Crippen LogP contribution in [0.4, 0.5) is 6.01 Å². The zero-order valence-electron chi connectivity index (χ0n) is 15.9. The van der Waals surface area contributed by atoms with Gasteiger partial charge in [0.15, 0.2) is 5.58 Å². The summed E-state index contributed by atoms with van der Waals surface area (Å²) in [6, 6.07) is 11.2. The van der Waals surface area contributed by atoms with Gasteiger partial charge in [-0.2, -0.15) is 4.98 Å². The molecule has 1 aromatic carbocycles. The molecule has 1 aliphatic heterocycles. The zero-order valence-corrected chi connectivity index (χ0v) is 15.9. The van der Waals surface area contributed by atoms with E-state index in [9.17, 15) is 0 Å². The highest BCUT2D eigenvalue weighted by atomic mass is 16.5. The number of aryl methyl sites for hydroxylation is 1. The van der Waals surface area contributed by atoms with E-state index in [-0.39, 0.29) is 0 Å². The van der Waals surface area contributed by atoms with Crippen LogP contribution in [-0.2, 0) is 6.54 Å². The second kappa shape index (κ2) is 7.96. The number of aromatic nitrogens is 2. The molecule has 0 unspecified atom stereocenters. The average Bonchev–Trinajstić information content (AvgIpc) is 3.08. The van der Waals surface area contributed by atoms with Crippen LogP contribution in [0.5, 0.6) is 5.75 Å². The number of hydrogen-bond acceptors (Lipinski definition) is 6. The van der Waals surface area contributed by atoms with Crippen molar-refractivity contribution in [1.82, 2.24) is 14.9 Å². The van der Waals surface area contributed by atoms with Gasteiger partial charge in [0.1, 0.15) is 5.75 Å². The van der Waals surface area contributed by atoms with Crippen molar-refractivity contribution in [2.24, 2.45) is 0 Å². The molecule has 142 valence electrons. The minimum atomic E-state index is 0.381. The van der Waals surface area contributed by atoms with Crippen molar-refractivity contribution < 1.29 is 9.15 Å². The van der Waals surface area contributed by atoms with Gasteiger partial charge in [-0.15, -0.1) is 0 Å². The predicted molar refractivity (Wildman–Crippen MR) is 106 cm³/mol. The lowest BCUT2D eigenvalue weighted by Gasteiger charge is -2.32. The van der Waals surface area contributed by atoms with Gasteiger partial charge in [-0.25, -0.2) is 4.98 Å². The molecule has 1 aliphatic rings. The molecule has 1 saturated heterocycles. The molecular weight excluding hydrogens is 340 g/mol. The maximum atomic E-state index is 5.73. The number of piperidine rings is 1. The number of anilines is 1.